The normalized spacial score (nSPS) is 12.0. The first-order chi connectivity index (χ1) is 30.1. The van der Waals surface area contributed by atoms with Crippen LogP contribution in [0.3, 0.4) is 0 Å². The summed E-state index contributed by atoms with van der Waals surface area (Å²) in [5.41, 5.74) is 16.6. The van der Waals surface area contributed by atoms with Crippen LogP contribution in [0.5, 0.6) is 0 Å². The number of benzene rings is 6. The number of hydrogen-bond donors (Lipinski definition) is 0. The summed E-state index contributed by atoms with van der Waals surface area (Å²) in [5, 5.41) is 0. The van der Waals surface area contributed by atoms with Gasteiger partial charge in [0.1, 0.15) is 11.6 Å². The summed E-state index contributed by atoms with van der Waals surface area (Å²) in [5.74, 6) is 1.94. The molecule has 0 aliphatic carbocycles. The summed E-state index contributed by atoms with van der Waals surface area (Å²) in [6.07, 6.45) is 3.64. The molecule has 0 saturated heterocycles. The van der Waals surface area contributed by atoms with E-state index in [9.17, 15) is 0 Å². The van der Waals surface area contributed by atoms with Gasteiger partial charge in [0, 0.05) is 34.4 Å². The third-order valence-corrected chi connectivity index (χ3v) is 11.7. The molecule has 0 aliphatic rings. The fourth-order valence-electron chi connectivity index (χ4n) is 8.93. The van der Waals surface area contributed by atoms with Gasteiger partial charge in [0.2, 0.25) is 0 Å². The molecule has 0 fully saturated rings. The van der Waals surface area contributed by atoms with Gasteiger partial charge in [0.15, 0.2) is 11.3 Å². The predicted molar refractivity (Wildman–Crippen MR) is 256 cm³/mol. The fourth-order valence-corrected chi connectivity index (χ4v) is 8.93. The molecule has 62 heavy (non-hydrogen) atoms. The summed E-state index contributed by atoms with van der Waals surface area (Å²) in [6, 6.07) is 60.9. The molecule has 0 saturated carbocycles. The van der Waals surface area contributed by atoms with E-state index in [4.69, 9.17) is 9.97 Å². The molecule has 4 heterocycles. The molecular formula is C56H48N6. The molecule has 10 rings (SSSR count). The van der Waals surface area contributed by atoms with Crippen molar-refractivity contribution in [3.05, 3.63) is 194 Å². The molecule has 0 N–H and O–H groups in total. The van der Waals surface area contributed by atoms with E-state index in [1.165, 1.54) is 0 Å². The minimum atomic E-state index is -0.223. The zero-order chi connectivity index (χ0) is 42.6. The quantitative estimate of drug-likeness (QED) is 0.161. The van der Waals surface area contributed by atoms with Crippen molar-refractivity contribution in [2.75, 3.05) is 0 Å². The van der Waals surface area contributed by atoms with Gasteiger partial charge < -0.3 is 0 Å². The molecule has 0 bridgehead atoms. The molecule has 0 aliphatic heterocycles. The van der Waals surface area contributed by atoms with E-state index in [0.29, 0.717) is 0 Å². The lowest BCUT2D eigenvalue weighted by molar-refractivity contribution is 0.539. The van der Waals surface area contributed by atoms with Gasteiger partial charge in [-0.2, -0.15) is 0 Å². The minimum Gasteiger partial charge on any atom is -0.294 e. The van der Waals surface area contributed by atoms with Crippen molar-refractivity contribution < 1.29 is 0 Å². The summed E-state index contributed by atoms with van der Waals surface area (Å²) in [7, 11) is 0. The van der Waals surface area contributed by atoms with Crippen LogP contribution in [-0.4, -0.2) is 29.1 Å². The number of rotatable bonds is 7. The Morgan fingerprint density at radius 1 is 0.306 bits per heavy atom. The molecule has 4 aromatic heterocycles. The first kappa shape index (κ1) is 38.7. The van der Waals surface area contributed by atoms with Gasteiger partial charge >= 0.3 is 0 Å². The molecule has 0 amide bonds. The van der Waals surface area contributed by atoms with Gasteiger partial charge in [-0.15, -0.1) is 0 Å². The predicted octanol–water partition coefficient (Wildman–Crippen LogP) is 14.1. The van der Waals surface area contributed by atoms with E-state index in [2.05, 4.69) is 218 Å². The fraction of sp³-hybridized carbons (Fsp3) is 0.143. The van der Waals surface area contributed by atoms with Crippen LogP contribution >= 0.6 is 0 Å². The lowest BCUT2D eigenvalue weighted by Crippen LogP contribution is -2.18. The van der Waals surface area contributed by atoms with Crippen molar-refractivity contribution in [1.82, 2.24) is 29.1 Å². The van der Waals surface area contributed by atoms with E-state index in [0.717, 1.165) is 101 Å². The molecule has 6 nitrogen and oxygen atoms in total. The minimum absolute atomic E-state index is 0.223. The van der Waals surface area contributed by atoms with Gasteiger partial charge in [-0.3, -0.25) is 9.13 Å². The highest BCUT2D eigenvalue weighted by atomic mass is 15.1. The molecule has 6 aromatic carbocycles. The van der Waals surface area contributed by atoms with Crippen molar-refractivity contribution in [2.45, 2.75) is 52.4 Å². The molecule has 0 spiro atoms. The van der Waals surface area contributed by atoms with Crippen molar-refractivity contribution in [3.63, 3.8) is 0 Å². The highest BCUT2D eigenvalue weighted by Crippen LogP contribution is 2.46. The van der Waals surface area contributed by atoms with Gasteiger partial charge in [0.05, 0.1) is 22.4 Å². The van der Waals surface area contributed by atoms with E-state index in [-0.39, 0.29) is 10.8 Å². The number of imidazole rings is 2. The number of aromatic nitrogens is 6. The third kappa shape index (κ3) is 6.69. The molecule has 0 atom stereocenters. The number of nitrogens with zero attached hydrogens (tertiary/aromatic N) is 6. The van der Waals surface area contributed by atoms with Crippen molar-refractivity contribution >= 4 is 22.3 Å². The van der Waals surface area contributed by atoms with Crippen molar-refractivity contribution in [1.29, 1.82) is 0 Å². The van der Waals surface area contributed by atoms with E-state index < -0.39 is 0 Å². The number of hydrogen-bond acceptors (Lipinski definition) is 4. The van der Waals surface area contributed by atoms with Crippen molar-refractivity contribution in [2.24, 2.45) is 0 Å². The highest BCUT2D eigenvalue weighted by molar-refractivity contribution is 6.00. The standard InChI is InChI=1S/C56H48N6/c1-55(2,3)53-59-51-49(33-19-35-57-51)61(53)47-31-17-15-29-45(47)43-27-13-11-25-41(43)39-23-9-7-21-37(39)38-22-8-10-24-40(38)42-26-12-14-28-44(42)46-30-16-18-32-48(46)62-50-34-20-36-58-52(50)60-54(62)56(4,5)6/h7-36H,1-6H3. The Balaban J connectivity index is 1.15. The van der Waals surface area contributed by atoms with Crippen LogP contribution in [0.1, 0.15) is 53.2 Å². The Morgan fingerprint density at radius 2 is 0.565 bits per heavy atom. The van der Waals surface area contributed by atoms with Gasteiger partial charge in [-0.25, -0.2) is 19.9 Å². The number of para-hydroxylation sites is 2. The summed E-state index contributed by atoms with van der Waals surface area (Å²) in [6.45, 7) is 13.3. The SMILES string of the molecule is CC(C)(C)c1nc2ncccc2n1-c1ccccc1-c1ccccc1-c1ccccc1-c1ccccc1-c1ccccc1-c1ccccc1-n1c(C(C)(C)C)nc2ncccc21. The Morgan fingerprint density at radius 3 is 0.855 bits per heavy atom. The molecule has 10 aromatic rings. The van der Waals surface area contributed by atoms with E-state index in [1.54, 1.807) is 0 Å². The van der Waals surface area contributed by atoms with Crippen LogP contribution in [-0.2, 0) is 10.8 Å². The van der Waals surface area contributed by atoms with Crippen LogP contribution in [0.2, 0.25) is 0 Å². The highest BCUT2D eigenvalue weighted by Gasteiger charge is 2.28. The van der Waals surface area contributed by atoms with E-state index >= 15 is 0 Å². The molecule has 0 unspecified atom stereocenters. The Kier molecular flexibility index (Phi) is 9.52. The summed E-state index contributed by atoms with van der Waals surface area (Å²) < 4.78 is 4.61. The lowest BCUT2D eigenvalue weighted by Gasteiger charge is -2.23. The third-order valence-electron chi connectivity index (χ3n) is 11.7. The largest absolute Gasteiger partial charge is 0.294 e. The maximum Gasteiger partial charge on any atom is 0.178 e. The number of fused-ring (bicyclic) bond motifs is 2. The first-order valence-corrected chi connectivity index (χ1v) is 21.3. The van der Waals surface area contributed by atoms with Gasteiger partial charge in [-0.1, -0.05) is 175 Å². The molecule has 6 heteroatoms. The molecule has 302 valence electrons. The Labute approximate surface area is 363 Å². The average Bonchev–Trinajstić information content (AvgIpc) is 3.90. The van der Waals surface area contributed by atoms with Crippen LogP contribution in [0.25, 0.3) is 89.3 Å². The summed E-state index contributed by atoms with van der Waals surface area (Å²) >= 11 is 0. The number of pyridine rings is 2. The molecular weight excluding hydrogens is 757 g/mol. The second-order valence-corrected chi connectivity index (χ2v) is 18.0. The van der Waals surface area contributed by atoms with Crippen LogP contribution < -0.4 is 0 Å². The smallest absolute Gasteiger partial charge is 0.178 e. The molecule has 0 radical (unpaired) electrons. The van der Waals surface area contributed by atoms with Crippen molar-refractivity contribution in [3.8, 4) is 67.0 Å². The maximum atomic E-state index is 5.09. The summed E-state index contributed by atoms with van der Waals surface area (Å²) in [4.78, 5) is 19.5. The Hall–Kier alpha value is -7.44. The topological polar surface area (TPSA) is 61.4 Å². The van der Waals surface area contributed by atoms with E-state index in [1.807, 2.05) is 24.5 Å². The maximum absolute atomic E-state index is 5.09. The Bertz CT molecular complexity index is 3060. The van der Waals surface area contributed by atoms with Gasteiger partial charge in [-0.05, 0) is 80.9 Å². The lowest BCUT2D eigenvalue weighted by atomic mass is 9.84. The average molecular weight is 805 g/mol. The van der Waals surface area contributed by atoms with Crippen LogP contribution in [0, 0.1) is 0 Å². The first-order valence-electron chi connectivity index (χ1n) is 21.3. The monoisotopic (exact) mass is 804 g/mol. The van der Waals surface area contributed by atoms with Gasteiger partial charge in [0.25, 0.3) is 0 Å². The second kappa shape index (κ2) is 15.2. The second-order valence-electron chi connectivity index (χ2n) is 18.0. The zero-order valence-electron chi connectivity index (χ0n) is 36.0. The zero-order valence-corrected chi connectivity index (χ0v) is 36.0. The van der Waals surface area contributed by atoms with Crippen LogP contribution in [0.4, 0.5) is 0 Å². The van der Waals surface area contributed by atoms with Crippen LogP contribution in [0.15, 0.2) is 182 Å².